The molecule has 0 aliphatic carbocycles. The summed E-state index contributed by atoms with van der Waals surface area (Å²) >= 11 is 0. The number of carbonyl (C=O) groups is 2. The minimum Gasteiger partial charge on any atom is -0.369 e. The first kappa shape index (κ1) is 20.4. The van der Waals surface area contributed by atoms with Crippen LogP contribution in [0.5, 0.6) is 0 Å². The molecule has 30 heavy (non-hydrogen) atoms. The van der Waals surface area contributed by atoms with Crippen molar-refractivity contribution in [2.75, 3.05) is 42.9 Å². The van der Waals surface area contributed by atoms with Crippen molar-refractivity contribution < 1.29 is 9.59 Å². The van der Waals surface area contributed by atoms with Crippen LogP contribution in [0.1, 0.15) is 41.3 Å². The van der Waals surface area contributed by atoms with Gasteiger partial charge in [-0.05, 0) is 67.3 Å². The van der Waals surface area contributed by atoms with E-state index in [4.69, 9.17) is 0 Å². The van der Waals surface area contributed by atoms with Crippen LogP contribution in [-0.2, 0) is 11.2 Å². The zero-order chi connectivity index (χ0) is 20.9. The molecule has 4 rings (SSSR count). The van der Waals surface area contributed by atoms with Crippen LogP contribution in [-0.4, -0.2) is 49.3 Å². The molecule has 0 saturated carbocycles. The van der Waals surface area contributed by atoms with E-state index >= 15 is 0 Å². The van der Waals surface area contributed by atoms with Gasteiger partial charge in [0.15, 0.2) is 5.78 Å². The van der Waals surface area contributed by atoms with Crippen LogP contribution in [0.15, 0.2) is 48.5 Å². The molecule has 1 N–H and O–H groups in total. The third-order valence-electron chi connectivity index (χ3n) is 5.96. The summed E-state index contributed by atoms with van der Waals surface area (Å²) in [5, 5.41) is 2.93. The molecule has 5 nitrogen and oxygen atoms in total. The Labute approximate surface area is 178 Å². The molecule has 0 aromatic heterocycles. The average molecular weight is 404 g/mol. The Hall–Kier alpha value is -2.92. The van der Waals surface area contributed by atoms with Crippen LogP contribution >= 0.6 is 0 Å². The van der Waals surface area contributed by atoms with E-state index in [0.29, 0.717) is 6.42 Å². The number of ketones is 1. The zero-order valence-electron chi connectivity index (χ0n) is 17.6. The number of hydrogen-bond acceptors (Lipinski definition) is 4. The van der Waals surface area contributed by atoms with Crippen molar-refractivity contribution in [1.29, 1.82) is 0 Å². The normalized spacial score (nSPS) is 17.1. The second-order valence-corrected chi connectivity index (χ2v) is 8.09. The number of Topliss-reactive ketones (excluding diaryl/α,β-unsaturated/α-hetero) is 1. The Morgan fingerprint density at radius 1 is 1.03 bits per heavy atom. The first-order valence-corrected chi connectivity index (χ1v) is 10.8. The number of hydrogen-bond donors (Lipinski definition) is 1. The van der Waals surface area contributed by atoms with Crippen molar-refractivity contribution in [2.24, 2.45) is 0 Å². The average Bonchev–Trinajstić information content (AvgIpc) is 2.77. The van der Waals surface area contributed by atoms with E-state index in [1.165, 1.54) is 16.8 Å². The lowest BCUT2D eigenvalue weighted by Gasteiger charge is -2.36. The lowest BCUT2D eigenvalue weighted by molar-refractivity contribution is -0.116. The third-order valence-corrected chi connectivity index (χ3v) is 5.96. The lowest BCUT2D eigenvalue weighted by atomic mass is 10.00. The molecular weight excluding hydrogens is 374 g/mol. The minimum absolute atomic E-state index is 0.110. The zero-order valence-corrected chi connectivity index (χ0v) is 17.6. The van der Waals surface area contributed by atoms with E-state index in [1.807, 2.05) is 18.2 Å². The maximum Gasteiger partial charge on any atom is 0.224 e. The number of nitrogens with one attached hydrogen (secondary N) is 1. The summed E-state index contributed by atoms with van der Waals surface area (Å²) in [7, 11) is 0. The molecule has 0 radical (unpaired) electrons. The highest BCUT2D eigenvalue weighted by Gasteiger charge is 2.17. The molecule has 1 fully saturated rings. The van der Waals surface area contributed by atoms with E-state index in [2.05, 4.69) is 51.5 Å². The standard InChI is InChI=1S/C25H29N3O2/c1-19(29)21-6-9-23(10-7-21)28-16-14-27(15-17-28)13-3-2-4-20-5-11-24-22(18-20)8-12-25(30)26-24/h2,4-7,9-11,18H,3,8,12-17H2,1H3,(H,26,30). The second kappa shape index (κ2) is 9.26. The van der Waals surface area contributed by atoms with Gasteiger partial charge in [0.25, 0.3) is 0 Å². The molecule has 1 amide bonds. The van der Waals surface area contributed by atoms with Crippen LogP contribution in [0.3, 0.4) is 0 Å². The van der Waals surface area contributed by atoms with Gasteiger partial charge in [0.2, 0.25) is 5.91 Å². The molecule has 1 saturated heterocycles. The lowest BCUT2D eigenvalue weighted by Crippen LogP contribution is -2.46. The van der Waals surface area contributed by atoms with Gasteiger partial charge < -0.3 is 10.2 Å². The molecule has 2 heterocycles. The molecule has 156 valence electrons. The Balaban J connectivity index is 1.22. The summed E-state index contributed by atoms with van der Waals surface area (Å²) in [5.41, 5.74) is 5.35. The van der Waals surface area contributed by atoms with E-state index in [-0.39, 0.29) is 11.7 Å². The van der Waals surface area contributed by atoms with Gasteiger partial charge in [-0.3, -0.25) is 14.5 Å². The van der Waals surface area contributed by atoms with Gasteiger partial charge in [-0.2, -0.15) is 0 Å². The van der Waals surface area contributed by atoms with Crippen LogP contribution in [0, 0.1) is 0 Å². The van der Waals surface area contributed by atoms with Gasteiger partial charge >= 0.3 is 0 Å². The number of benzene rings is 2. The predicted octanol–water partition coefficient (Wildman–Crippen LogP) is 4.00. The van der Waals surface area contributed by atoms with Crippen LogP contribution < -0.4 is 10.2 Å². The van der Waals surface area contributed by atoms with Crippen molar-refractivity contribution in [2.45, 2.75) is 26.2 Å². The first-order valence-electron chi connectivity index (χ1n) is 10.8. The summed E-state index contributed by atoms with van der Waals surface area (Å²) in [6, 6.07) is 14.2. The van der Waals surface area contributed by atoms with Gasteiger partial charge in [0, 0.05) is 56.1 Å². The van der Waals surface area contributed by atoms with Gasteiger partial charge in [0.1, 0.15) is 0 Å². The monoisotopic (exact) mass is 403 g/mol. The van der Waals surface area contributed by atoms with Gasteiger partial charge in [-0.15, -0.1) is 0 Å². The number of anilines is 2. The van der Waals surface area contributed by atoms with Gasteiger partial charge in [-0.1, -0.05) is 18.2 Å². The number of nitrogens with zero attached hydrogens (tertiary/aromatic N) is 2. The van der Waals surface area contributed by atoms with E-state index in [0.717, 1.165) is 56.8 Å². The fourth-order valence-corrected chi connectivity index (χ4v) is 4.12. The van der Waals surface area contributed by atoms with Crippen LogP contribution in [0.2, 0.25) is 0 Å². The Bertz CT molecular complexity index is 941. The Morgan fingerprint density at radius 2 is 1.80 bits per heavy atom. The largest absolute Gasteiger partial charge is 0.369 e. The summed E-state index contributed by atoms with van der Waals surface area (Å²) in [4.78, 5) is 27.8. The molecule has 2 aromatic carbocycles. The summed E-state index contributed by atoms with van der Waals surface area (Å²) < 4.78 is 0. The predicted molar refractivity (Wildman–Crippen MR) is 122 cm³/mol. The smallest absolute Gasteiger partial charge is 0.224 e. The van der Waals surface area contributed by atoms with Crippen LogP contribution in [0.25, 0.3) is 6.08 Å². The summed E-state index contributed by atoms with van der Waals surface area (Å²) in [5.74, 6) is 0.223. The molecular formula is C25H29N3O2. The Morgan fingerprint density at radius 3 is 2.53 bits per heavy atom. The summed E-state index contributed by atoms with van der Waals surface area (Å²) in [6.07, 6.45) is 6.86. The van der Waals surface area contributed by atoms with Gasteiger partial charge in [0.05, 0.1) is 0 Å². The molecule has 2 aliphatic rings. The maximum absolute atomic E-state index is 11.5. The van der Waals surface area contributed by atoms with Crippen molar-refractivity contribution in [3.63, 3.8) is 0 Å². The number of aryl methyl sites for hydroxylation is 1. The molecule has 0 atom stereocenters. The Kier molecular flexibility index (Phi) is 6.29. The topological polar surface area (TPSA) is 52.7 Å². The first-order chi connectivity index (χ1) is 14.6. The highest BCUT2D eigenvalue weighted by molar-refractivity contribution is 5.94. The third kappa shape index (κ3) is 4.97. The number of amides is 1. The number of carbonyl (C=O) groups excluding carboxylic acids is 2. The molecule has 2 aliphatic heterocycles. The van der Waals surface area contributed by atoms with Crippen molar-refractivity contribution in [3.8, 4) is 0 Å². The number of piperazine rings is 1. The fourth-order valence-electron chi connectivity index (χ4n) is 4.12. The van der Waals surface area contributed by atoms with Crippen LogP contribution in [0.4, 0.5) is 11.4 Å². The second-order valence-electron chi connectivity index (χ2n) is 8.09. The SMILES string of the molecule is CC(=O)c1ccc(N2CCN(CCC=Cc3ccc4c(c3)CCC(=O)N4)CC2)cc1. The van der Waals surface area contributed by atoms with Gasteiger partial charge in [-0.25, -0.2) is 0 Å². The quantitative estimate of drug-likeness (QED) is 0.741. The number of fused-ring (bicyclic) bond motifs is 1. The summed E-state index contributed by atoms with van der Waals surface area (Å²) in [6.45, 7) is 6.81. The fraction of sp³-hybridized carbons (Fsp3) is 0.360. The van der Waals surface area contributed by atoms with E-state index in [9.17, 15) is 9.59 Å². The maximum atomic E-state index is 11.5. The minimum atomic E-state index is 0.110. The molecule has 0 unspecified atom stereocenters. The van der Waals surface area contributed by atoms with E-state index < -0.39 is 0 Å². The van der Waals surface area contributed by atoms with Crippen molar-refractivity contribution >= 4 is 29.1 Å². The van der Waals surface area contributed by atoms with E-state index in [1.54, 1.807) is 6.92 Å². The molecule has 5 heteroatoms. The highest BCUT2D eigenvalue weighted by atomic mass is 16.1. The molecule has 0 bridgehead atoms. The number of rotatable bonds is 6. The van der Waals surface area contributed by atoms with Crippen molar-refractivity contribution in [3.05, 3.63) is 65.2 Å². The molecule has 0 spiro atoms. The molecule has 2 aromatic rings. The highest BCUT2D eigenvalue weighted by Crippen LogP contribution is 2.24. The van der Waals surface area contributed by atoms with Crippen molar-refractivity contribution in [1.82, 2.24) is 4.90 Å².